The molecule has 4 aromatic rings. The fourth-order valence-electron chi connectivity index (χ4n) is 3.47. The first kappa shape index (κ1) is 23.9. The molecule has 0 aliphatic carbocycles. The van der Waals surface area contributed by atoms with Crippen molar-refractivity contribution in [1.82, 2.24) is 4.98 Å². The Hall–Kier alpha value is -4.23. The number of nitrogens with one attached hydrogen (secondary N) is 2. The number of hydrogen-bond donors (Lipinski definition) is 2. The molecule has 176 valence electrons. The van der Waals surface area contributed by atoms with Gasteiger partial charge in [-0.2, -0.15) is 0 Å². The number of amides is 2. The lowest BCUT2D eigenvalue weighted by molar-refractivity contribution is -0.123. The van der Waals surface area contributed by atoms with Gasteiger partial charge in [0, 0.05) is 34.3 Å². The first-order valence-electron chi connectivity index (χ1n) is 10.9. The van der Waals surface area contributed by atoms with Crippen molar-refractivity contribution in [2.24, 2.45) is 0 Å². The van der Waals surface area contributed by atoms with Crippen molar-refractivity contribution >= 4 is 51.7 Å². The number of benzene rings is 3. The van der Waals surface area contributed by atoms with Crippen LogP contribution in [0.4, 0.5) is 11.4 Å². The van der Waals surface area contributed by atoms with Crippen molar-refractivity contribution in [3.63, 3.8) is 0 Å². The van der Waals surface area contributed by atoms with Gasteiger partial charge in [0.2, 0.25) is 5.91 Å². The van der Waals surface area contributed by atoms with Crippen LogP contribution < -0.4 is 10.6 Å². The molecule has 1 aromatic heterocycles. The summed E-state index contributed by atoms with van der Waals surface area (Å²) in [5.74, 6) is -1.31. The van der Waals surface area contributed by atoms with Crippen LogP contribution in [0.25, 0.3) is 22.2 Å². The van der Waals surface area contributed by atoms with E-state index < -0.39 is 18.0 Å². The normalized spacial score (nSPS) is 11.5. The second-order valence-corrected chi connectivity index (χ2v) is 8.31. The van der Waals surface area contributed by atoms with Gasteiger partial charge in [0.1, 0.15) is 0 Å². The summed E-state index contributed by atoms with van der Waals surface area (Å²) in [6.07, 6.45) is -1.05. The lowest BCUT2D eigenvalue weighted by Gasteiger charge is -2.15. The Balaban J connectivity index is 1.53. The van der Waals surface area contributed by atoms with Crippen molar-refractivity contribution < 1.29 is 19.1 Å². The molecule has 35 heavy (non-hydrogen) atoms. The molecule has 0 aliphatic heterocycles. The Morgan fingerprint density at radius 3 is 2.17 bits per heavy atom. The topological polar surface area (TPSA) is 97.4 Å². The molecule has 0 spiro atoms. The van der Waals surface area contributed by atoms with Crippen LogP contribution in [0.2, 0.25) is 5.02 Å². The first-order valence-corrected chi connectivity index (χ1v) is 11.2. The van der Waals surface area contributed by atoms with Crippen LogP contribution >= 0.6 is 11.6 Å². The molecule has 8 heteroatoms. The zero-order valence-electron chi connectivity index (χ0n) is 19.0. The highest BCUT2D eigenvalue weighted by Crippen LogP contribution is 2.27. The first-order chi connectivity index (χ1) is 16.8. The highest BCUT2D eigenvalue weighted by atomic mass is 35.5. The van der Waals surface area contributed by atoms with Gasteiger partial charge in [-0.1, -0.05) is 41.9 Å². The van der Waals surface area contributed by atoms with Gasteiger partial charge in [0.25, 0.3) is 5.91 Å². The number of nitrogens with zero attached hydrogens (tertiary/aromatic N) is 1. The standard InChI is InChI=1S/C27H22ClN3O4/c1-16(26(33)30-21-13-11-20(12-14-21)29-17(2)32)35-27(34)23-15-25(18-7-9-19(28)10-8-18)31-24-6-4-3-5-22(23)24/h3-16H,1-2H3,(H,29,32)(H,30,33). The van der Waals surface area contributed by atoms with Gasteiger partial charge in [-0.3, -0.25) is 9.59 Å². The zero-order chi connectivity index (χ0) is 24.9. The van der Waals surface area contributed by atoms with Crippen molar-refractivity contribution in [1.29, 1.82) is 0 Å². The molecule has 0 aliphatic rings. The average molecular weight is 488 g/mol. The van der Waals surface area contributed by atoms with Crippen LogP contribution in [0.3, 0.4) is 0 Å². The molecule has 0 bridgehead atoms. The van der Waals surface area contributed by atoms with E-state index in [2.05, 4.69) is 15.6 Å². The smallest absolute Gasteiger partial charge is 0.339 e. The molecular weight excluding hydrogens is 466 g/mol. The van der Waals surface area contributed by atoms with Crippen LogP contribution in [-0.2, 0) is 14.3 Å². The molecule has 1 heterocycles. The fourth-order valence-corrected chi connectivity index (χ4v) is 3.60. The molecule has 4 rings (SSSR count). The van der Waals surface area contributed by atoms with Crippen molar-refractivity contribution in [2.75, 3.05) is 10.6 Å². The van der Waals surface area contributed by atoms with E-state index in [4.69, 9.17) is 16.3 Å². The predicted molar refractivity (Wildman–Crippen MR) is 136 cm³/mol. The van der Waals surface area contributed by atoms with Crippen LogP contribution in [0.5, 0.6) is 0 Å². The maximum Gasteiger partial charge on any atom is 0.339 e. The van der Waals surface area contributed by atoms with E-state index in [0.29, 0.717) is 38.6 Å². The molecule has 2 N–H and O–H groups in total. The van der Waals surface area contributed by atoms with Gasteiger partial charge in [-0.05, 0) is 55.5 Å². The number of anilines is 2. The molecule has 2 amide bonds. The lowest BCUT2D eigenvalue weighted by Crippen LogP contribution is -2.30. The second-order valence-electron chi connectivity index (χ2n) is 7.87. The number of halogens is 1. The fraction of sp³-hybridized carbons (Fsp3) is 0.111. The minimum atomic E-state index is -1.05. The van der Waals surface area contributed by atoms with Gasteiger partial charge in [0.15, 0.2) is 6.10 Å². The predicted octanol–water partition coefficient (Wildman–Crippen LogP) is 5.70. The van der Waals surface area contributed by atoms with E-state index in [0.717, 1.165) is 5.56 Å². The van der Waals surface area contributed by atoms with Crippen LogP contribution in [-0.4, -0.2) is 28.9 Å². The minimum Gasteiger partial charge on any atom is -0.449 e. The van der Waals surface area contributed by atoms with Crippen LogP contribution in [0, 0.1) is 0 Å². The third kappa shape index (κ3) is 5.83. The third-order valence-corrected chi connectivity index (χ3v) is 5.45. The highest BCUT2D eigenvalue weighted by molar-refractivity contribution is 6.30. The summed E-state index contributed by atoms with van der Waals surface area (Å²) in [5, 5.41) is 6.58. The number of carbonyl (C=O) groups is 3. The lowest BCUT2D eigenvalue weighted by atomic mass is 10.0. The Morgan fingerprint density at radius 2 is 1.51 bits per heavy atom. The van der Waals surface area contributed by atoms with Crippen molar-refractivity contribution in [2.45, 2.75) is 20.0 Å². The van der Waals surface area contributed by atoms with E-state index >= 15 is 0 Å². The molecular formula is C27H22ClN3O4. The number of hydrogen-bond acceptors (Lipinski definition) is 5. The van der Waals surface area contributed by atoms with Gasteiger partial charge < -0.3 is 15.4 Å². The molecule has 0 saturated carbocycles. The number of para-hydroxylation sites is 1. The van der Waals surface area contributed by atoms with E-state index in [1.54, 1.807) is 48.5 Å². The van der Waals surface area contributed by atoms with Crippen molar-refractivity contribution in [3.8, 4) is 11.3 Å². The van der Waals surface area contributed by atoms with Crippen LogP contribution in [0.15, 0.2) is 78.9 Å². The van der Waals surface area contributed by atoms with Gasteiger partial charge in [-0.25, -0.2) is 9.78 Å². The Kier molecular flexibility index (Phi) is 7.08. The summed E-state index contributed by atoms with van der Waals surface area (Å²) in [5.41, 5.74) is 3.43. The molecule has 1 atom stereocenters. The number of pyridine rings is 1. The number of esters is 1. The summed E-state index contributed by atoms with van der Waals surface area (Å²) in [4.78, 5) is 41.6. The molecule has 0 radical (unpaired) electrons. The molecule has 0 saturated heterocycles. The minimum absolute atomic E-state index is 0.190. The highest BCUT2D eigenvalue weighted by Gasteiger charge is 2.22. The maximum absolute atomic E-state index is 13.1. The summed E-state index contributed by atoms with van der Waals surface area (Å²) in [7, 11) is 0. The number of fused-ring (bicyclic) bond motifs is 1. The Morgan fingerprint density at radius 1 is 0.886 bits per heavy atom. The van der Waals surface area contributed by atoms with Crippen molar-refractivity contribution in [3.05, 3.63) is 89.4 Å². The molecule has 0 fully saturated rings. The Labute approximate surface area is 207 Å². The van der Waals surface area contributed by atoms with E-state index in [1.807, 2.05) is 30.3 Å². The van der Waals surface area contributed by atoms with Crippen LogP contribution in [0.1, 0.15) is 24.2 Å². The van der Waals surface area contributed by atoms with E-state index in [9.17, 15) is 14.4 Å². The SMILES string of the molecule is CC(=O)Nc1ccc(NC(=O)C(C)OC(=O)c2cc(-c3ccc(Cl)cc3)nc3ccccc23)cc1. The summed E-state index contributed by atoms with van der Waals surface area (Å²) < 4.78 is 5.51. The third-order valence-electron chi connectivity index (χ3n) is 5.20. The number of carbonyl (C=O) groups excluding carboxylic acids is 3. The zero-order valence-corrected chi connectivity index (χ0v) is 19.8. The summed E-state index contributed by atoms with van der Waals surface area (Å²) in [6.45, 7) is 2.92. The number of rotatable bonds is 6. The summed E-state index contributed by atoms with van der Waals surface area (Å²) in [6, 6.07) is 22.7. The monoisotopic (exact) mass is 487 g/mol. The van der Waals surface area contributed by atoms with Gasteiger partial charge in [-0.15, -0.1) is 0 Å². The molecule has 7 nitrogen and oxygen atoms in total. The maximum atomic E-state index is 13.1. The summed E-state index contributed by atoms with van der Waals surface area (Å²) >= 11 is 6.00. The Bertz CT molecular complexity index is 1400. The van der Waals surface area contributed by atoms with E-state index in [1.165, 1.54) is 13.8 Å². The molecule has 1 unspecified atom stereocenters. The van der Waals surface area contributed by atoms with Gasteiger partial charge in [0.05, 0.1) is 16.8 Å². The van der Waals surface area contributed by atoms with Gasteiger partial charge >= 0.3 is 5.97 Å². The van der Waals surface area contributed by atoms with E-state index in [-0.39, 0.29) is 5.91 Å². The molecule has 3 aromatic carbocycles. The number of ether oxygens (including phenoxy) is 1. The largest absolute Gasteiger partial charge is 0.449 e. The number of aromatic nitrogens is 1. The quantitative estimate of drug-likeness (QED) is 0.340. The average Bonchev–Trinajstić information content (AvgIpc) is 2.84. The second kappa shape index (κ2) is 10.4.